The minimum atomic E-state index is -0.441. The molecule has 0 radical (unpaired) electrons. The smallest absolute Gasteiger partial charge is 0.250 e. The fourth-order valence-corrected chi connectivity index (χ4v) is 4.34. The highest BCUT2D eigenvalue weighted by atomic mass is 16.5. The predicted octanol–water partition coefficient (Wildman–Crippen LogP) is 4.71. The average molecular weight is 510 g/mol. The Kier molecular flexibility index (Phi) is 10.0. The SMILES string of the molecule is CCc1ccc(OCCN[C@H](C)Cc2cc(C(N)=O)c3c(ccn3CCCO)c2)c(OCC(C)(C)C)c1. The minimum Gasteiger partial charge on any atom is -0.489 e. The second-order valence-electron chi connectivity index (χ2n) is 10.9. The molecule has 1 aromatic heterocycles. The van der Waals surface area contributed by atoms with Crippen molar-refractivity contribution >= 4 is 16.8 Å². The Labute approximate surface area is 221 Å². The first-order chi connectivity index (χ1) is 17.6. The number of aliphatic hydroxyl groups is 1. The molecule has 202 valence electrons. The zero-order chi connectivity index (χ0) is 27.0. The fourth-order valence-electron chi connectivity index (χ4n) is 4.34. The molecule has 2 aromatic carbocycles. The van der Waals surface area contributed by atoms with Crippen molar-refractivity contribution in [3.05, 3.63) is 59.3 Å². The van der Waals surface area contributed by atoms with Crippen LogP contribution in [-0.4, -0.2) is 48.0 Å². The summed E-state index contributed by atoms with van der Waals surface area (Å²) in [6.07, 6.45) is 4.27. The van der Waals surface area contributed by atoms with Gasteiger partial charge in [0, 0.05) is 37.3 Å². The molecule has 7 heteroatoms. The lowest BCUT2D eigenvalue weighted by molar-refractivity contribution is 0.100. The van der Waals surface area contributed by atoms with Crippen molar-refractivity contribution in [3.8, 4) is 11.5 Å². The number of nitrogens with two attached hydrogens (primary N) is 1. The van der Waals surface area contributed by atoms with Gasteiger partial charge in [0.25, 0.3) is 5.91 Å². The fraction of sp³-hybridized carbons (Fsp3) is 0.500. The number of nitrogens with one attached hydrogen (secondary N) is 1. The zero-order valence-corrected chi connectivity index (χ0v) is 23.0. The van der Waals surface area contributed by atoms with Gasteiger partial charge < -0.3 is 30.2 Å². The summed E-state index contributed by atoms with van der Waals surface area (Å²) in [6, 6.07) is 12.3. The zero-order valence-electron chi connectivity index (χ0n) is 23.0. The van der Waals surface area contributed by atoms with E-state index in [0.29, 0.717) is 38.3 Å². The summed E-state index contributed by atoms with van der Waals surface area (Å²) < 4.78 is 14.2. The van der Waals surface area contributed by atoms with Crippen LogP contribution in [0.3, 0.4) is 0 Å². The maximum absolute atomic E-state index is 12.2. The van der Waals surface area contributed by atoms with Gasteiger partial charge in [0.15, 0.2) is 11.5 Å². The lowest BCUT2D eigenvalue weighted by Crippen LogP contribution is -2.32. The molecule has 37 heavy (non-hydrogen) atoms. The minimum absolute atomic E-state index is 0.0654. The van der Waals surface area contributed by atoms with Crippen LogP contribution in [0.4, 0.5) is 0 Å². The van der Waals surface area contributed by atoms with E-state index in [0.717, 1.165) is 40.8 Å². The quantitative estimate of drug-likeness (QED) is 0.273. The molecule has 1 heterocycles. The standard InChI is InChI=1S/C30H43N3O4/c1-6-22-8-9-26(27(19-22)37-20-30(3,4)5)36-15-11-32-21(2)16-23-17-24-10-13-33(12-7-14-34)28(24)25(18-23)29(31)35/h8-10,13,17-19,21,32,34H,6-7,11-12,14-16,20H2,1-5H3,(H2,31,35)/t21-/m1/s1. The Morgan fingerprint density at radius 2 is 1.89 bits per heavy atom. The summed E-state index contributed by atoms with van der Waals surface area (Å²) in [5, 5.41) is 13.7. The number of ether oxygens (including phenoxy) is 2. The van der Waals surface area contributed by atoms with E-state index < -0.39 is 5.91 Å². The van der Waals surface area contributed by atoms with Crippen molar-refractivity contribution in [3.63, 3.8) is 0 Å². The van der Waals surface area contributed by atoms with E-state index in [2.05, 4.69) is 58.1 Å². The molecule has 0 aliphatic carbocycles. The topological polar surface area (TPSA) is 98.7 Å². The van der Waals surface area contributed by atoms with Crippen LogP contribution in [0.2, 0.25) is 0 Å². The Morgan fingerprint density at radius 1 is 1.11 bits per heavy atom. The first-order valence-electron chi connectivity index (χ1n) is 13.3. The number of hydrogen-bond acceptors (Lipinski definition) is 5. The van der Waals surface area contributed by atoms with Crippen molar-refractivity contribution in [2.45, 2.75) is 66.5 Å². The molecule has 7 nitrogen and oxygen atoms in total. The van der Waals surface area contributed by atoms with Crippen molar-refractivity contribution in [1.29, 1.82) is 0 Å². The summed E-state index contributed by atoms with van der Waals surface area (Å²) in [7, 11) is 0. The van der Waals surface area contributed by atoms with Gasteiger partial charge in [0.05, 0.1) is 17.7 Å². The Morgan fingerprint density at radius 3 is 2.57 bits per heavy atom. The predicted molar refractivity (Wildman–Crippen MR) is 150 cm³/mol. The van der Waals surface area contributed by atoms with Crippen LogP contribution in [0.5, 0.6) is 11.5 Å². The number of aliphatic hydroxyl groups excluding tert-OH is 1. The number of carbonyl (C=O) groups excluding carboxylic acids is 1. The average Bonchev–Trinajstić information content (AvgIpc) is 3.26. The van der Waals surface area contributed by atoms with Crippen molar-refractivity contribution in [1.82, 2.24) is 9.88 Å². The van der Waals surface area contributed by atoms with Crippen LogP contribution in [0.15, 0.2) is 42.6 Å². The van der Waals surface area contributed by atoms with Crippen LogP contribution in [0, 0.1) is 5.41 Å². The molecule has 0 fully saturated rings. The molecule has 3 rings (SSSR count). The summed E-state index contributed by atoms with van der Waals surface area (Å²) in [6.45, 7) is 13.3. The normalized spacial score (nSPS) is 12.6. The van der Waals surface area contributed by atoms with Crippen LogP contribution in [-0.2, 0) is 19.4 Å². The van der Waals surface area contributed by atoms with Gasteiger partial charge in [-0.25, -0.2) is 0 Å². The molecule has 0 bridgehead atoms. The second kappa shape index (κ2) is 13.0. The Hall–Kier alpha value is -3.03. The number of aromatic nitrogens is 1. The number of benzene rings is 2. The molecule has 1 amide bonds. The number of amides is 1. The van der Waals surface area contributed by atoms with Crippen molar-refractivity contribution in [2.24, 2.45) is 11.1 Å². The van der Waals surface area contributed by atoms with Crippen LogP contribution >= 0.6 is 0 Å². The van der Waals surface area contributed by atoms with Gasteiger partial charge in [0.1, 0.15) is 6.61 Å². The molecule has 0 saturated carbocycles. The lowest BCUT2D eigenvalue weighted by Gasteiger charge is -2.21. The molecule has 0 aliphatic heterocycles. The highest BCUT2D eigenvalue weighted by molar-refractivity contribution is 6.05. The number of primary amides is 1. The van der Waals surface area contributed by atoms with Crippen LogP contribution in [0.1, 0.15) is 62.5 Å². The maximum atomic E-state index is 12.2. The number of aryl methyl sites for hydroxylation is 2. The molecular formula is C30H43N3O4. The highest BCUT2D eigenvalue weighted by Gasteiger charge is 2.16. The van der Waals surface area contributed by atoms with Gasteiger partial charge in [-0.05, 0) is 73.1 Å². The Balaban J connectivity index is 1.59. The third kappa shape index (κ3) is 8.23. The van der Waals surface area contributed by atoms with Crippen LogP contribution < -0.4 is 20.5 Å². The number of fused-ring (bicyclic) bond motifs is 1. The van der Waals surface area contributed by atoms with Crippen molar-refractivity contribution in [2.75, 3.05) is 26.4 Å². The van der Waals surface area contributed by atoms with Crippen molar-refractivity contribution < 1.29 is 19.4 Å². The third-order valence-electron chi connectivity index (χ3n) is 6.21. The van der Waals surface area contributed by atoms with Gasteiger partial charge in [-0.3, -0.25) is 4.79 Å². The van der Waals surface area contributed by atoms with E-state index >= 15 is 0 Å². The maximum Gasteiger partial charge on any atom is 0.250 e. The Bertz CT molecular complexity index is 1180. The summed E-state index contributed by atoms with van der Waals surface area (Å²) >= 11 is 0. The first kappa shape index (κ1) is 28.5. The lowest BCUT2D eigenvalue weighted by atomic mass is 9.99. The van der Waals surface area contributed by atoms with Gasteiger partial charge >= 0.3 is 0 Å². The van der Waals surface area contributed by atoms with E-state index in [1.54, 1.807) is 0 Å². The molecule has 0 aliphatic rings. The molecular weight excluding hydrogens is 466 g/mol. The molecule has 0 spiro atoms. The number of carbonyl (C=O) groups is 1. The van der Waals surface area contributed by atoms with Gasteiger partial charge in [-0.2, -0.15) is 0 Å². The van der Waals surface area contributed by atoms with E-state index in [-0.39, 0.29) is 18.1 Å². The number of nitrogens with zero attached hydrogens (tertiary/aromatic N) is 1. The molecule has 3 aromatic rings. The largest absolute Gasteiger partial charge is 0.489 e. The van der Waals surface area contributed by atoms with Crippen LogP contribution in [0.25, 0.3) is 10.9 Å². The number of rotatable bonds is 14. The first-order valence-corrected chi connectivity index (χ1v) is 13.3. The third-order valence-corrected chi connectivity index (χ3v) is 6.21. The summed E-state index contributed by atoms with van der Waals surface area (Å²) in [5.41, 5.74) is 9.41. The van der Waals surface area contributed by atoms with E-state index in [4.69, 9.17) is 15.2 Å². The van der Waals surface area contributed by atoms with E-state index in [1.807, 2.05) is 29.0 Å². The molecule has 0 unspecified atom stereocenters. The van der Waals surface area contributed by atoms with Gasteiger partial charge in [-0.1, -0.05) is 33.8 Å². The monoisotopic (exact) mass is 509 g/mol. The highest BCUT2D eigenvalue weighted by Crippen LogP contribution is 2.30. The molecule has 0 saturated heterocycles. The van der Waals surface area contributed by atoms with E-state index in [9.17, 15) is 9.90 Å². The second-order valence-corrected chi connectivity index (χ2v) is 10.9. The van der Waals surface area contributed by atoms with Gasteiger partial charge in [0.2, 0.25) is 0 Å². The number of hydrogen-bond donors (Lipinski definition) is 3. The summed E-state index contributed by atoms with van der Waals surface area (Å²) in [5.74, 6) is 1.11. The van der Waals surface area contributed by atoms with Gasteiger partial charge in [-0.15, -0.1) is 0 Å². The van der Waals surface area contributed by atoms with E-state index in [1.165, 1.54) is 5.56 Å². The molecule has 1 atom stereocenters. The molecule has 4 N–H and O–H groups in total. The summed E-state index contributed by atoms with van der Waals surface area (Å²) in [4.78, 5) is 12.2.